The molecule has 0 aromatic heterocycles. The maximum absolute atomic E-state index is 11.4. The van der Waals surface area contributed by atoms with E-state index in [4.69, 9.17) is 4.74 Å². The Hall–Kier alpha value is -0.770. The summed E-state index contributed by atoms with van der Waals surface area (Å²) < 4.78 is 5.13. The van der Waals surface area contributed by atoms with Crippen LogP contribution in [0.2, 0.25) is 0 Å². The first kappa shape index (κ1) is 16.2. The van der Waals surface area contributed by atoms with E-state index in [2.05, 4.69) is 12.2 Å². The first-order valence-corrected chi connectivity index (χ1v) is 6.46. The predicted molar refractivity (Wildman–Crippen MR) is 69.0 cm³/mol. The normalized spacial score (nSPS) is 13.2. The van der Waals surface area contributed by atoms with Gasteiger partial charge in [0.2, 0.25) is 0 Å². The minimum absolute atomic E-state index is 0.111. The fraction of sp³-hybridized carbons (Fsp3) is 0.923. The largest absolute Gasteiger partial charge is 0.444 e. The number of aliphatic hydroxyl groups excluding tert-OH is 1. The van der Waals surface area contributed by atoms with Gasteiger partial charge in [-0.25, -0.2) is 4.79 Å². The van der Waals surface area contributed by atoms with Gasteiger partial charge in [0.15, 0.2) is 0 Å². The van der Waals surface area contributed by atoms with Gasteiger partial charge in [0.05, 0.1) is 0 Å². The molecule has 0 spiro atoms. The Balaban J connectivity index is 3.78. The van der Waals surface area contributed by atoms with Crippen LogP contribution in [0.3, 0.4) is 0 Å². The monoisotopic (exact) mass is 245 g/mol. The highest BCUT2D eigenvalue weighted by molar-refractivity contribution is 5.67. The third-order valence-electron chi connectivity index (χ3n) is 2.41. The van der Waals surface area contributed by atoms with Gasteiger partial charge in [-0.1, -0.05) is 26.2 Å². The van der Waals surface area contributed by atoms with E-state index in [-0.39, 0.29) is 12.5 Å². The molecule has 0 heterocycles. The summed E-state index contributed by atoms with van der Waals surface area (Å²) in [6.45, 7) is 8.23. The first-order valence-electron chi connectivity index (χ1n) is 6.46. The van der Waals surface area contributed by atoms with Gasteiger partial charge in [-0.05, 0) is 33.1 Å². The van der Waals surface area contributed by atoms with Crippen LogP contribution in [0, 0.1) is 5.92 Å². The van der Waals surface area contributed by atoms with Gasteiger partial charge in [-0.2, -0.15) is 0 Å². The molecule has 0 bridgehead atoms. The first-order chi connectivity index (χ1) is 7.89. The number of ether oxygens (including phenoxy) is 1. The maximum atomic E-state index is 11.4. The highest BCUT2D eigenvalue weighted by Crippen LogP contribution is 2.10. The number of rotatable bonds is 7. The number of amides is 1. The SMILES string of the molecule is CCCCCC(CO)CNC(=O)OC(C)(C)C. The summed E-state index contributed by atoms with van der Waals surface area (Å²) in [5, 5.41) is 11.9. The van der Waals surface area contributed by atoms with Crippen LogP contribution in [0.25, 0.3) is 0 Å². The van der Waals surface area contributed by atoms with Crippen molar-refractivity contribution in [3.63, 3.8) is 0 Å². The Bertz CT molecular complexity index is 211. The number of hydrogen-bond donors (Lipinski definition) is 2. The van der Waals surface area contributed by atoms with E-state index in [0.29, 0.717) is 6.54 Å². The Kier molecular flexibility index (Phi) is 7.96. The van der Waals surface area contributed by atoms with E-state index in [1.54, 1.807) is 0 Å². The summed E-state index contributed by atoms with van der Waals surface area (Å²) in [6.07, 6.45) is 3.96. The van der Waals surface area contributed by atoms with Gasteiger partial charge in [0, 0.05) is 13.2 Å². The van der Waals surface area contributed by atoms with Crippen molar-refractivity contribution in [3.05, 3.63) is 0 Å². The Morgan fingerprint density at radius 1 is 1.35 bits per heavy atom. The molecule has 17 heavy (non-hydrogen) atoms. The van der Waals surface area contributed by atoms with Gasteiger partial charge in [-0.3, -0.25) is 0 Å². The summed E-state index contributed by atoms with van der Waals surface area (Å²) in [5.41, 5.74) is -0.471. The van der Waals surface area contributed by atoms with Crippen LogP contribution in [0.1, 0.15) is 53.4 Å². The molecule has 102 valence electrons. The average molecular weight is 245 g/mol. The fourth-order valence-corrected chi connectivity index (χ4v) is 1.48. The molecule has 1 unspecified atom stereocenters. The number of nitrogens with one attached hydrogen (secondary N) is 1. The lowest BCUT2D eigenvalue weighted by molar-refractivity contribution is 0.0511. The summed E-state index contributed by atoms with van der Waals surface area (Å²) in [5.74, 6) is 0.133. The van der Waals surface area contributed by atoms with E-state index < -0.39 is 11.7 Å². The molecule has 1 amide bonds. The molecule has 0 radical (unpaired) electrons. The molecule has 0 fully saturated rings. The Morgan fingerprint density at radius 2 is 2.00 bits per heavy atom. The van der Waals surface area contributed by atoms with Crippen molar-refractivity contribution in [2.75, 3.05) is 13.2 Å². The summed E-state index contributed by atoms with van der Waals surface area (Å²) in [7, 11) is 0. The minimum Gasteiger partial charge on any atom is -0.444 e. The highest BCUT2D eigenvalue weighted by Gasteiger charge is 2.17. The molecule has 0 saturated heterocycles. The lowest BCUT2D eigenvalue weighted by atomic mass is 10.0. The second kappa shape index (κ2) is 8.34. The molecule has 0 aliphatic heterocycles. The zero-order valence-corrected chi connectivity index (χ0v) is 11.6. The molecular formula is C13H27NO3. The quantitative estimate of drug-likeness (QED) is 0.678. The molecule has 4 nitrogen and oxygen atoms in total. The summed E-state index contributed by atoms with van der Waals surface area (Å²) in [4.78, 5) is 11.4. The topological polar surface area (TPSA) is 58.6 Å². The van der Waals surface area contributed by atoms with Gasteiger partial charge < -0.3 is 15.2 Å². The van der Waals surface area contributed by atoms with Crippen molar-refractivity contribution in [1.82, 2.24) is 5.32 Å². The van der Waals surface area contributed by atoms with Crippen molar-refractivity contribution < 1.29 is 14.6 Å². The third kappa shape index (κ3) is 10.1. The van der Waals surface area contributed by atoms with E-state index in [0.717, 1.165) is 19.3 Å². The van der Waals surface area contributed by atoms with Crippen LogP contribution < -0.4 is 5.32 Å². The number of carbonyl (C=O) groups excluding carboxylic acids is 1. The van der Waals surface area contributed by atoms with Gasteiger partial charge in [0.25, 0.3) is 0 Å². The van der Waals surface area contributed by atoms with E-state index in [9.17, 15) is 9.90 Å². The number of aliphatic hydroxyl groups is 1. The van der Waals surface area contributed by atoms with Crippen LogP contribution in [0.4, 0.5) is 4.79 Å². The Morgan fingerprint density at radius 3 is 2.47 bits per heavy atom. The molecule has 0 rings (SSSR count). The van der Waals surface area contributed by atoms with E-state index >= 15 is 0 Å². The van der Waals surface area contributed by atoms with E-state index in [1.807, 2.05) is 20.8 Å². The van der Waals surface area contributed by atoms with Crippen LogP contribution in [0.5, 0.6) is 0 Å². The molecule has 0 aliphatic rings. The molecule has 0 aromatic carbocycles. The number of unbranched alkanes of at least 4 members (excludes halogenated alkanes) is 2. The maximum Gasteiger partial charge on any atom is 0.407 e. The van der Waals surface area contributed by atoms with Crippen molar-refractivity contribution in [3.8, 4) is 0 Å². The van der Waals surface area contributed by atoms with Crippen molar-refractivity contribution in [2.45, 2.75) is 59.0 Å². The minimum atomic E-state index is -0.471. The van der Waals surface area contributed by atoms with Gasteiger partial charge in [-0.15, -0.1) is 0 Å². The van der Waals surface area contributed by atoms with Crippen molar-refractivity contribution in [2.24, 2.45) is 5.92 Å². The van der Waals surface area contributed by atoms with Crippen LogP contribution in [-0.4, -0.2) is 30.0 Å². The smallest absolute Gasteiger partial charge is 0.407 e. The zero-order valence-electron chi connectivity index (χ0n) is 11.6. The highest BCUT2D eigenvalue weighted by atomic mass is 16.6. The third-order valence-corrected chi connectivity index (χ3v) is 2.41. The zero-order chi connectivity index (χ0) is 13.3. The standard InChI is InChI=1S/C13H27NO3/c1-5-6-7-8-11(10-15)9-14-12(16)17-13(2,3)4/h11,15H,5-10H2,1-4H3,(H,14,16). The van der Waals surface area contributed by atoms with Gasteiger partial charge in [0.1, 0.15) is 5.60 Å². The van der Waals surface area contributed by atoms with Crippen LogP contribution in [-0.2, 0) is 4.74 Å². The molecule has 2 N–H and O–H groups in total. The van der Waals surface area contributed by atoms with Crippen molar-refractivity contribution >= 4 is 6.09 Å². The molecule has 0 saturated carbocycles. The van der Waals surface area contributed by atoms with Crippen LogP contribution >= 0.6 is 0 Å². The predicted octanol–water partition coefficient (Wildman–Crippen LogP) is 2.70. The second-order valence-electron chi connectivity index (χ2n) is 5.43. The molecule has 0 aliphatic carbocycles. The summed E-state index contributed by atoms with van der Waals surface area (Å²) in [6, 6.07) is 0. The number of alkyl carbamates (subject to hydrolysis) is 1. The number of carbonyl (C=O) groups is 1. The average Bonchev–Trinajstić information content (AvgIpc) is 2.20. The molecule has 4 heteroatoms. The fourth-order valence-electron chi connectivity index (χ4n) is 1.48. The Labute approximate surface area is 105 Å². The second-order valence-corrected chi connectivity index (χ2v) is 5.43. The molecule has 1 atom stereocenters. The van der Waals surface area contributed by atoms with Crippen LogP contribution in [0.15, 0.2) is 0 Å². The van der Waals surface area contributed by atoms with Crippen molar-refractivity contribution in [1.29, 1.82) is 0 Å². The number of hydrogen-bond acceptors (Lipinski definition) is 3. The molecule has 0 aromatic rings. The van der Waals surface area contributed by atoms with Gasteiger partial charge >= 0.3 is 6.09 Å². The van der Waals surface area contributed by atoms with E-state index in [1.165, 1.54) is 6.42 Å². The summed E-state index contributed by atoms with van der Waals surface area (Å²) >= 11 is 0. The molecular weight excluding hydrogens is 218 g/mol. The lowest BCUT2D eigenvalue weighted by Crippen LogP contribution is -2.36. The lowest BCUT2D eigenvalue weighted by Gasteiger charge is -2.21.